The number of benzene rings is 5. The Bertz CT molecular complexity index is 2730. The molecule has 0 spiro atoms. The topological polar surface area (TPSA) is 187 Å². The summed E-state index contributed by atoms with van der Waals surface area (Å²) in [6.45, 7) is 7.73. The van der Waals surface area contributed by atoms with Crippen LogP contribution in [0.25, 0.3) is 0 Å². The van der Waals surface area contributed by atoms with E-state index in [0.29, 0.717) is 0 Å². The van der Waals surface area contributed by atoms with E-state index in [1.165, 1.54) is 35.9 Å². The van der Waals surface area contributed by atoms with Crippen LogP contribution in [-0.2, 0) is 34.5 Å². The summed E-state index contributed by atoms with van der Waals surface area (Å²) in [6, 6.07) is 47.1. The average molecular weight is 949 g/mol. The standard InChI is InChI=1S/C53H53N6O9P/c1-37(2)59(38(3)4)69(65-33-19-31-54)68-46-34-52(58-32-30-48(57-63-5)56-51(58)62,53(40-21-9-6-10-22-40,41-23-11-7-12-24-41)42-25-13-8-14-26-42)67-47(46)36-64-49(60)43-27-16-17-28-44(43)50(61)66-45-29-18-15-20-39(45)35-55/h6-18,20-30,32,37-38,46-47H,19,33-34,36H2,1-5H3,(H,56,57,62)/t46-,47+,52-,69?/m0/s1. The number of nitriles is 2. The fraction of sp³-hybridized carbons (Fsp3) is 0.283. The first-order valence-electron chi connectivity index (χ1n) is 22.4. The van der Waals surface area contributed by atoms with Crippen LogP contribution in [0.15, 0.2) is 157 Å². The second-order valence-electron chi connectivity index (χ2n) is 16.6. The fourth-order valence-electron chi connectivity index (χ4n) is 8.97. The van der Waals surface area contributed by atoms with Crippen molar-refractivity contribution in [1.29, 1.82) is 10.5 Å². The van der Waals surface area contributed by atoms with E-state index in [2.05, 4.69) is 21.2 Å². The minimum absolute atomic E-state index is 0.0312. The van der Waals surface area contributed by atoms with Gasteiger partial charge in [-0.3, -0.25) is 9.40 Å². The third-order valence-electron chi connectivity index (χ3n) is 11.7. The zero-order valence-electron chi connectivity index (χ0n) is 38.9. The van der Waals surface area contributed by atoms with Crippen LogP contribution in [0.3, 0.4) is 0 Å². The predicted octanol–water partition coefficient (Wildman–Crippen LogP) is 9.30. The molecule has 69 heavy (non-hydrogen) atoms. The molecule has 2 heterocycles. The van der Waals surface area contributed by atoms with Gasteiger partial charge in [-0.1, -0.05) is 115 Å². The van der Waals surface area contributed by atoms with Crippen LogP contribution in [0.1, 0.15) is 83.5 Å². The Morgan fingerprint density at radius 2 is 1.38 bits per heavy atom. The number of rotatable bonds is 20. The Balaban J connectivity index is 1.42. The van der Waals surface area contributed by atoms with Crippen LogP contribution in [0.4, 0.5) is 5.82 Å². The number of carbonyl (C=O) groups excluding carboxylic acids is 2. The largest absolute Gasteiger partial charge is 0.459 e. The van der Waals surface area contributed by atoms with Crippen LogP contribution in [0.5, 0.6) is 5.75 Å². The van der Waals surface area contributed by atoms with Gasteiger partial charge in [0.15, 0.2) is 11.5 Å². The van der Waals surface area contributed by atoms with Crippen LogP contribution in [0, 0.1) is 22.7 Å². The number of ether oxygens (including phenoxy) is 3. The van der Waals surface area contributed by atoms with Gasteiger partial charge in [0.25, 0.3) is 8.53 Å². The number of anilines is 1. The molecule has 0 amide bonds. The first-order valence-corrected chi connectivity index (χ1v) is 23.6. The molecule has 0 radical (unpaired) electrons. The molecule has 5 aromatic carbocycles. The summed E-state index contributed by atoms with van der Waals surface area (Å²) in [5.41, 5.74) is 1.06. The highest BCUT2D eigenvalue weighted by Gasteiger charge is 2.64. The zero-order chi connectivity index (χ0) is 49.0. The number of carbonyl (C=O) groups is 2. The number of hydrogen-bond donors (Lipinski definition) is 1. The lowest BCUT2D eigenvalue weighted by Gasteiger charge is -2.50. The molecule has 1 aliphatic rings. The van der Waals surface area contributed by atoms with Crippen molar-refractivity contribution in [2.24, 2.45) is 0 Å². The maximum atomic E-state index is 14.9. The van der Waals surface area contributed by atoms with Crippen molar-refractivity contribution in [2.45, 2.75) is 76.0 Å². The minimum atomic E-state index is -1.94. The van der Waals surface area contributed by atoms with Crippen molar-refractivity contribution < 1.29 is 37.7 Å². The number of hydrogen-bond acceptors (Lipinski definition) is 14. The zero-order valence-corrected chi connectivity index (χ0v) is 39.8. The van der Waals surface area contributed by atoms with Gasteiger partial charge in [-0.05, 0) is 74.7 Å². The van der Waals surface area contributed by atoms with E-state index >= 15 is 0 Å². The van der Waals surface area contributed by atoms with Crippen molar-refractivity contribution in [3.63, 3.8) is 0 Å². The van der Waals surface area contributed by atoms with Crippen molar-refractivity contribution in [3.05, 3.63) is 196 Å². The minimum Gasteiger partial charge on any atom is -0.459 e. The molecule has 0 aliphatic carbocycles. The van der Waals surface area contributed by atoms with Gasteiger partial charge >= 0.3 is 17.6 Å². The smallest absolute Gasteiger partial charge is 0.351 e. The molecule has 15 nitrogen and oxygen atoms in total. The molecule has 1 unspecified atom stereocenters. The van der Waals surface area contributed by atoms with Crippen molar-refractivity contribution >= 4 is 26.3 Å². The Hall–Kier alpha value is -7.07. The Morgan fingerprint density at radius 1 is 0.826 bits per heavy atom. The van der Waals surface area contributed by atoms with Crippen molar-refractivity contribution in [2.75, 3.05) is 25.8 Å². The summed E-state index contributed by atoms with van der Waals surface area (Å²) >= 11 is 0. The van der Waals surface area contributed by atoms with E-state index in [-0.39, 0.29) is 59.8 Å². The quantitative estimate of drug-likeness (QED) is 0.0190. The fourth-order valence-corrected chi connectivity index (χ4v) is 10.7. The Labute approximate surface area is 402 Å². The van der Waals surface area contributed by atoms with Gasteiger partial charge in [-0.25, -0.2) is 24.5 Å². The highest BCUT2D eigenvalue weighted by molar-refractivity contribution is 7.44. The highest BCUT2D eigenvalue weighted by atomic mass is 31.2. The maximum Gasteiger partial charge on any atom is 0.351 e. The van der Waals surface area contributed by atoms with Crippen molar-refractivity contribution in [1.82, 2.24) is 14.2 Å². The molecule has 7 rings (SSSR count). The van der Waals surface area contributed by atoms with Crippen LogP contribution in [-0.4, -0.2) is 70.8 Å². The summed E-state index contributed by atoms with van der Waals surface area (Å²) in [5, 5.41) is 19.2. The second kappa shape index (κ2) is 22.8. The molecule has 0 bridgehead atoms. The molecule has 0 saturated carbocycles. The van der Waals surface area contributed by atoms with E-state index in [0.717, 1.165) is 16.7 Å². The van der Waals surface area contributed by atoms with Gasteiger partial charge in [0.2, 0.25) is 0 Å². The maximum absolute atomic E-state index is 14.9. The second-order valence-corrected chi connectivity index (χ2v) is 18.0. The van der Waals surface area contributed by atoms with E-state index in [1.807, 2.05) is 125 Å². The summed E-state index contributed by atoms with van der Waals surface area (Å²) in [4.78, 5) is 52.6. The first kappa shape index (κ1) is 49.8. The molecule has 16 heteroatoms. The van der Waals surface area contributed by atoms with Crippen LogP contribution >= 0.6 is 8.53 Å². The van der Waals surface area contributed by atoms with Gasteiger partial charge in [0, 0.05) is 24.7 Å². The van der Waals surface area contributed by atoms with Gasteiger partial charge in [0.05, 0.1) is 54.4 Å². The lowest BCUT2D eigenvalue weighted by Crippen LogP contribution is -2.58. The number of nitrogens with zero attached hydrogens (tertiary/aromatic N) is 5. The number of para-hydroxylation sites is 1. The summed E-state index contributed by atoms with van der Waals surface area (Å²) in [5.74, 6) is -1.56. The SMILES string of the molecule is CONc1ccn([C@@]2(C(c3ccccc3)(c3ccccc3)c3ccccc3)C[C@H](OP(OCCC#N)N(C(C)C)C(C)C)[C@@H](COC(=O)c3ccccc3C(=O)Oc3ccccc3C#N)O2)c(=O)n1. The normalized spacial score (nSPS) is 17.2. The van der Waals surface area contributed by atoms with E-state index < -0.39 is 56.1 Å². The van der Waals surface area contributed by atoms with E-state index in [1.54, 1.807) is 36.5 Å². The molecule has 1 N–H and O–H groups in total. The number of aromatic nitrogens is 2. The predicted molar refractivity (Wildman–Crippen MR) is 259 cm³/mol. The van der Waals surface area contributed by atoms with Gasteiger partial charge < -0.3 is 23.3 Å². The molecule has 1 saturated heterocycles. The van der Waals surface area contributed by atoms with Crippen LogP contribution in [0.2, 0.25) is 0 Å². The summed E-state index contributed by atoms with van der Waals surface area (Å²) < 4.78 is 36.6. The van der Waals surface area contributed by atoms with Gasteiger partial charge in [-0.2, -0.15) is 15.5 Å². The molecule has 4 atom stereocenters. The molecule has 1 fully saturated rings. The monoisotopic (exact) mass is 948 g/mol. The molecular weight excluding hydrogens is 896 g/mol. The first-order chi connectivity index (χ1) is 33.5. The van der Waals surface area contributed by atoms with Crippen molar-refractivity contribution in [3.8, 4) is 17.9 Å². The van der Waals surface area contributed by atoms with E-state index in [9.17, 15) is 24.9 Å². The molecule has 6 aromatic rings. The summed E-state index contributed by atoms with van der Waals surface area (Å²) in [6.07, 6.45) is -0.449. The molecule has 1 aliphatic heterocycles. The average Bonchev–Trinajstić information content (AvgIpc) is 3.72. The molecular formula is C53H53N6O9P. The molecule has 1 aromatic heterocycles. The van der Waals surface area contributed by atoms with Crippen LogP contribution < -0.4 is 15.9 Å². The molecule has 354 valence electrons. The third-order valence-corrected chi connectivity index (χ3v) is 13.8. The number of nitrogens with one attached hydrogen (secondary N) is 1. The highest BCUT2D eigenvalue weighted by Crippen LogP contribution is 2.59. The Morgan fingerprint density at radius 3 is 1.91 bits per heavy atom. The third kappa shape index (κ3) is 10.5. The Kier molecular flexibility index (Phi) is 16.5. The lowest BCUT2D eigenvalue weighted by molar-refractivity contribution is -0.147. The van der Waals surface area contributed by atoms with E-state index in [4.69, 9.17) is 28.1 Å². The van der Waals surface area contributed by atoms with Gasteiger partial charge in [0.1, 0.15) is 24.5 Å². The number of esters is 2. The summed E-state index contributed by atoms with van der Waals surface area (Å²) in [7, 11) is -0.529. The van der Waals surface area contributed by atoms with Gasteiger partial charge in [-0.15, -0.1) is 0 Å². The lowest BCUT2D eigenvalue weighted by atomic mass is 9.61.